The van der Waals surface area contributed by atoms with Gasteiger partial charge in [0.1, 0.15) is 44.6 Å². The maximum absolute atomic E-state index is 11.7. The van der Waals surface area contributed by atoms with Crippen molar-refractivity contribution in [2.75, 3.05) is 68.6 Å². The lowest BCUT2D eigenvalue weighted by molar-refractivity contribution is -0.870. The average molecular weight is 597 g/mol. The van der Waals surface area contributed by atoms with Crippen molar-refractivity contribution in [2.24, 2.45) is 0 Å². The van der Waals surface area contributed by atoms with Crippen LogP contribution in [0.25, 0.3) is 0 Å². The molecule has 0 aliphatic heterocycles. The molecule has 7 nitrogen and oxygen atoms in total. The topological polar surface area (TPSA) is 69.7 Å². The van der Waals surface area contributed by atoms with E-state index in [4.69, 9.17) is 14.3 Å². The van der Waals surface area contributed by atoms with Gasteiger partial charge >= 0.3 is 0 Å². The number of ether oxygens (including phenoxy) is 2. The number of benzene rings is 3. The molecule has 0 fully saturated rings. The minimum absolute atomic E-state index is 0.0182. The highest BCUT2D eigenvalue weighted by atomic mass is 16.5. The Labute approximate surface area is 262 Å². The lowest BCUT2D eigenvalue weighted by atomic mass is 10.1. The molecule has 0 amide bonds. The van der Waals surface area contributed by atoms with Crippen LogP contribution in [0.2, 0.25) is 0 Å². The van der Waals surface area contributed by atoms with E-state index in [0.717, 1.165) is 33.2 Å². The Morgan fingerprint density at radius 1 is 0.591 bits per heavy atom. The van der Waals surface area contributed by atoms with Crippen molar-refractivity contribution in [3.05, 3.63) is 94.0 Å². The van der Waals surface area contributed by atoms with Crippen LogP contribution >= 0.6 is 0 Å². The summed E-state index contributed by atoms with van der Waals surface area (Å²) in [6.07, 6.45) is 0. The zero-order valence-corrected chi connectivity index (χ0v) is 27.2. The molecule has 0 aromatic heterocycles. The second-order valence-electron chi connectivity index (χ2n) is 12.3. The smallest absolute Gasteiger partial charge is 0.159 e. The maximum atomic E-state index is 11.7. The molecular formula is C37H44N2O5+2. The van der Waals surface area contributed by atoms with Gasteiger partial charge in [-0.15, -0.1) is 0 Å². The van der Waals surface area contributed by atoms with Crippen LogP contribution < -0.4 is 9.47 Å². The molecule has 3 aromatic rings. The summed E-state index contributed by atoms with van der Waals surface area (Å²) in [5, 5.41) is 0. The predicted molar refractivity (Wildman–Crippen MR) is 175 cm³/mol. The van der Waals surface area contributed by atoms with E-state index in [1.165, 1.54) is 0 Å². The number of carbonyl (C=O) groups is 3. The summed E-state index contributed by atoms with van der Waals surface area (Å²) in [5.41, 5.74) is 4.28. The molecule has 44 heavy (non-hydrogen) atoms. The summed E-state index contributed by atoms with van der Waals surface area (Å²) >= 11 is 0. The van der Waals surface area contributed by atoms with Gasteiger partial charge in [0.05, 0.1) is 53.4 Å². The van der Waals surface area contributed by atoms with Gasteiger partial charge < -0.3 is 23.2 Å². The van der Waals surface area contributed by atoms with Crippen LogP contribution in [0.4, 0.5) is 0 Å². The molecule has 0 saturated carbocycles. The maximum Gasteiger partial charge on any atom is 0.159 e. The Hall–Kier alpha value is -4.69. The third kappa shape index (κ3) is 12.3. The molecule has 0 bridgehead atoms. The van der Waals surface area contributed by atoms with Crippen LogP contribution in [0.1, 0.15) is 56.8 Å². The lowest BCUT2D eigenvalue weighted by Crippen LogP contribution is -2.38. The van der Waals surface area contributed by atoms with Crippen molar-refractivity contribution in [1.29, 1.82) is 0 Å². The lowest BCUT2D eigenvalue weighted by Gasteiger charge is -2.24. The first-order valence-corrected chi connectivity index (χ1v) is 14.3. The van der Waals surface area contributed by atoms with E-state index in [2.05, 4.69) is 66.0 Å². The molecule has 230 valence electrons. The highest BCUT2D eigenvalue weighted by molar-refractivity contribution is 5.94. The first-order chi connectivity index (χ1) is 20.7. The fourth-order valence-electron chi connectivity index (χ4n) is 3.71. The second-order valence-corrected chi connectivity index (χ2v) is 12.3. The number of quaternary nitrogens is 2. The second kappa shape index (κ2) is 16.2. The highest BCUT2D eigenvalue weighted by Crippen LogP contribution is 2.29. The Balaban J connectivity index is 0.00000330. The fourth-order valence-corrected chi connectivity index (χ4v) is 3.71. The number of hydrogen-bond acceptors (Lipinski definition) is 5. The molecule has 0 atom stereocenters. The van der Waals surface area contributed by atoms with E-state index in [-0.39, 0.29) is 11.6 Å². The quantitative estimate of drug-likeness (QED) is 0.190. The number of hydrogen-bond donors (Lipinski definition) is 0. The van der Waals surface area contributed by atoms with Gasteiger partial charge in [-0.05, 0) is 38.1 Å². The van der Waals surface area contributed by atoms with Gasteiger partial charge in [0.2, 0.25) is 0 Å². The Bertz CT molecular complexity index is 1430. The molecule has 3 rings (SSSR count). The van der Waals surface area contributed by atoms with E-state index >= 15 is 0 Å². The molecule has 0 N–H and O–H groups in total. The number of nitrogens with zero attached hydrogens (tertiary/aromatic N) is 2. The number of rotatable bonds is 10. The minimum Gasteiger partial charge on any atom is -0.486 e. The zero-order chi connectivity index (χ0) is 32.9. The van der Waals surface area contributed by atoms with Crippen LogP contribution in [0.3, 0.4) is 0 Å². The fraction of sp³-hybridized carbons (Fsp3) is 0.324. The number of ketones is 2. The largest absolute Gasteiger partial charge is 0.486 e. The SMILES string of the molecule is C=O.CC(=O)c1ccc(C#Cc2cc(OCC[N+](C)(C)C)c(C#Cc3ccc(C(C)=O)cc3)cc2OCC[N+](C)(C)C)cc1. The standard InChI is InChI=1S/C36H42N2O4.CH2O/c1-27(39)31-15-9-29(10-16-31)13-19-33-25-36(42-24-22-38(6,7)8)34(26-35(33)41-23-21-37(3,4)5)20-14-30-11-17-32(18-12-30)28(2)40;1-2/h9-12,15-18,25-26H,21-24H2,1-8H3;1H2/q+2;. The van der Waals surface area contributed by atoms with Crippen LogP contribution in [-0.4, -0.2) is 95.9 Å². The van der Waals surface area contributed by atoms with Crippen LogP contribution in [0.15, 0.2) is 60.7 Å². The van der Waals surface area contributed by atoms with Gasteiger partial charge in [-0.1, -0.05) is 47.9 Å². The van der Waals surface area contributed by atoms with Gasteiger partial charge in [-0.2, -0.15) is 0 Å². The normalized spacial score (nSPS) is 10.6. The van der Waals surface area contributed by atoms with Crippen molar-refractivity contribution in [2.45, 2.75) is 13.8 Å². The molecule has 0 saturated heterocycles. The average Bonchev–Trinajstić information content (AvgIpc) is 2.96. The van der Waals surface area contributed by atoms with E-state index in [9.17, 15) is 9.59 Å². The predicted octanol–water partition coefficient (Wildman–Crippen LogP) is 4.88. The van der Waals surface area contributed by atoms with Gasteiger partial charge in [0, 0.05) is 34.4 Å². The molecule has 0 aliphatic carbocycles. The van der Waals surface area contributed by atoms with Crippen molar-refractivity contribution in [3.63, 3.8) is 0 Å². The molecule has 3 aromatic carbocycles. The number of Topliss-reactive ketones (excluding diaryl/α,β-unsaturated/α-hetero) is 2. The summed E-state index contributed by atoms with van der Waals surface area (Å²) in [6, 6.07) is 18.3. The third-order valence-electron chi connectivity index (χ3n) is 6.39. The third-order valence-corrected chi connectivity index (χ3v) is 6.39. The van der Waals surface area contributed by atoms with Crippen LogP contribution in [0.5, 0.6) is 11.5 Å². The molecule has 0 spiro atoms. The van der Waals surface area contributed by atoms with Crippen molar-refractivity contribution < 1.29 is 32.8 Å². The van der Waals surface area contributed by atoms with Gasteiger partial charge in [-0.3, -0.25) is 9.59 Å². The summed E-state index contributed by atoms with van der Waals surface area (Å²) in [7, 11) is 12.7. The highest BCUT2D eigenvalue weighted by Gasteiger charge is 2.15. The van der Waals surface area contributed by atoms with Crippen molar-refractivity contribution >= 4 is 18.4 Å². The monoisotopic (exact) mass is 596 g/mol. The van der Waals surface area contributed by atoms with Gasteiger partial charge in [0.15, 0.2) is 11.6 Å². The first-order valence-electron chi connectivity index (χ1n) is 14.3. The molecule has 0 radical (unpaired) electrons. The first kappa shape index (κ1) is 35.5. The number of likely N-dealkylation sites (N-methyl/N-ethyl adjacent to an activating group) is 2. The van der Waals surface area contributed by atoms with Crippen molar-refractivity contribution in [3.8, 4) is 35.2 Å². The molecular weight excluding hydrogens is 552 g/mol. The molecule has 0 aliphatic rings. The summed E-state index contributed by atoms with van der Waals surface area (Å²) in [4.78, 5) is 31.3. The Kier molecular flexibility index (Phi) is 13.1. The summed E-state index contributed by atoms with van der Waals surface area (Å²) in [6.45, 7) is 7.73. The van der Waals surface area contributed by atoms with Gasteiger partial charge in [-0.25, -0.2) is 0 Å². The van der Waals surface area contributed by atoms with Crippen LogP contribution in [-0.2, 0) is 4.79 Å². The van der Waals surface area contributed by atoms with E-state index in [1.807, 2.05) is 43.2 Å². The van der Waals surface area contributed by atoms with Gasteiger partial charge in [0.25, 0.3) is 0 Å². The van der Waals surface area contributed by atoms with E-state index < -0.39 is 0 Å². The van der Waals surface area contributed by atoms with E-state index in [0.29, 0.717) is 47.0 Å². The minimum atomic E-state index is 0.0182. The van der Waals surface area contributed by atoms with Crippen molar-refractivity contribution in [1.82, 2.24) is 0 Å². The molecule has 7 heteroatoms. The number of carbonyl (C=O) groups excluding carboxylic acids is 3. The zero-order valence-electron chi connectivity index (χ0n) is 27.2. The Morgan fingerprint density at radius 3 is 1.18 bits per heavy atom. The summed E-state index contributed by atoms with van der Waals surface area (Å²) in [5.74, 6) is 14.2. The van der Waals surface area contributed by atoms with Crippen LogP contribution in [0, 0.1) is 23.7 Å². The summed E-state index contributed by atoms with van der Waals surface area (Å²) < 4.78 is 14.1. The molecule has 0 unspecified atom stereocenters. The molecule has 0 heterocycles. The van der Waals surface area contributed by atoms with E-state index in [1.54, 1.807) is 38.1 Å². The Morgan fingerprint density at radius 2 is 0.909 bits per heavy atom.